The van der Waals surface area contributed by atoms with Crippen LogP contribution in [0.15, 0.2) is 12.3 Å². The van der Waals surface area contributed by atoms with Crippen molar-refractivity contribution in [1.82, 2.24) is 10.6 Å². The molecule has 1 unspecified atom stereocenters. The molecule has 0 saturated carbocycles. The molecule has 3 heteroatoms. The van der Waals surface area contributed by atoms with Crippen LogP contribution in [0.5, 0.6) is 0 Å². The molecule has 0 saturated heterocycles. The van der Waals surface area contributed by atoms with Crippen molar-refractivity contribution >= 4 is 5.91 Å². The number of hydrogen-bond donors (Lipinski definition) is 2. The van der Waals surface area contributed by atoms with Crippen molar-refractivity contribution in [1.29, 1.82) is 0 Å². The smallest absolute Gasteiger partial charge is 0.219 e. The molecule has 0 bridgehead atoms. The minimum Gasteiger partial charge on any atom is -0.386 e. The Kier molecular flexibility index (Phi) is 24.9. The third-order valence-electron chi connectivity index (χ3n) is 6.68. The van der Waals surface area contributed by atoms with E-state index >= 15 is 0 Å². The number of rotatable bonds is 26. The minimum atomic E-state index is 0.230. The molecule has 0 aromatic rings. The Morgan fingerprint density at radius 1 is 0.636 bits per heavy atom. The lowest BCUT2D eigenvalue weighted by Crippen LogP contribution is -2.28. The van der Waals surface area contributed by atoms with E-state index in [1.54, 1.807) is 0 Å². The molecule has 0 aliphatic rings. The maximum absolute atomic E-state index is 12.0. The average Bonchev–Trinajstić information content (AvgIpc) is 2.79. The zero-order valence-corrected chi connectivity index (χ0v) is 23.0. The third-order valence-corrected chi connectivity index (χ3v) is 6.68. The number of unbranched alkanes of at least 4 members (excludes halogenated alkanes) is 16. The van der Waals surface area contributed by atoms with Gasteiger partial charge in [-0.3, -0.25) is 4.79 Å². The number of allylic oxidation sites excluding steroid dienone is 1. The Balaban J connectivity index is 3.43. The van der Waals surface area contributed by atoms with Crippen LogP contribution in [0.3, 0.4) is 0 Å². The van der Waals surface area contributed by atoms with Gasteiger partial charge in [-0.25, -0.2) is 0 Å². The number of amides is 1. The quantitative estimate of drug-likeness (QED) is 0.125. The molecule has 0 rings (SSSR count). The Hall–Kier alpha value is -0.990. The lowest BCUT2D eigenvalue weighted by atomic mass is 10.1. The predicted octanol–water partition coefficient (Wildman–Crippen LogP) is 9.22. The normalized spacial score (nSPS) is 12.0. The predicted molar refractivity (Wildman–Crippen MR) is 148 cm³/mol. The van der Waals surface area contributed by atoms with Gasteiger partial charge in [0.15, 0.2) is 0 Å². The Morgan fingerprint density at radius 2 is 1.06 bits per heavy atom. The second-order valence-corrected chi connectivity index (χ2v) is 10.3. The van der Waals surface area contributed by atoms with Crippen molar-refractivity contribution in [3.8, 4) is 0 Å². The first-order chi connectivity index (χ1) is 16.1. The van der Waals surface area contributed by atoms with E-state index in [9.17, 15) is 4.79 Å². The first-order valence-electron chi connectivity index (χ1n) is 14.8. The summed E-state index contributed by atoms with van der Waals surface area (Å²) >= 11 is 0. The van der Waals surface area contributed by atoms with Gasteiger partial charge < -0.3 is 10.6 Å². The lowest BCUT2D eigenvalue weighted by molar-refractivity contribution is -0.121. The highest BCUT2D eigenvalue weighted by Gasteiger charge is 2.05. The van der Waals surface area contributed by atoms with E-state index in [-0.39, 0.29) is 5.91 Å². The highest BCUT2D eigenvalue weighted by Crippen LogP contribution is 2.13. The van der Waals surface area contributed by atoms with Crippen molar-refractivity contribution in [2.75, 3.05) is 6.54 Å². The van der Waals surface area contributed by atoms with Crippen LogP contribution in [0.1, 0.15) is 162 Å². The van der Waals surface area contributed by atoms with Gasteiger partial charge in [-0.2, -0.15) is 0 Å². The number of nitrogens with one attached hydrogen (secondary N) is 2. The summed E-state index contributed by atoms with van der Waals surface area (Å²) in [5, 5.41) is 6.65. The summed E-state index contributed by atoms with van der Waals surface area (Å²) in [5.74, 6) is 0.230. The third kappa shape index (κ3) is 25.5. The molecular weight excluding hydrogens is 404 g/mol. The van der Waals surface area contributed by atoms with Crippen LogP contribution < -0.4 is 10.6 Å². The zero-order chi connectivity index (χ0) is 24.4. The van der Waals surface area contributed by atoms with E-state index in [0.29, 0.717) is 12.5 Å². The highest BCUT2D eigenvalue weighted by molar-refractivity contribution is 5.75. The molecule has 2 N–H and O–H groups in total. The SMILES string of the molecule is C=C(CCCCCCCCCCC)NC(C)CCCNC(=O)CCCCCCCCCCC. The topological polar surface area (TPSA) is 41.1 Å². The summed E-state index contributed by atoms with van der Waals surface area (Å²) in [6.45, 7) is 11.8. The van der Waals surface area contributed by atoms with Crippen LogP contribution in [0.25, 0.3) is 0 Å². The van der Waals surface area contributed by atoms with E-state index in [2.05, 4.69) is 38.0 Å². The Morgan fingerprint density at radius 3 is 1.55 bits per heavy atom. The lowest BCUT2D eigenvalue weighted by Gasteiger charge is -2.17. The van der Waals surface area contributed by atoms with Crippen molar-refractivity contribution in [3.63, 3.8) is 0 Å². The number of carbonyl (C=O) groups is 1. The van der Waals surface area contributed by atoms with Gasteiger partial charge in [-0.05, 0) is 39.0 Å². The molecule has 0 heterocycles. The molecule has 0 aromatic heterocycles. The summed E-state index contributed by atoms with van der Waals surface area (Å²) in [6.07, 6.45) is 27.9. The van der Waals surface area contributed by atoms with Crippen molar-refractivity contribution in [3.05, 3.63) is 12.3 Å². The maximum atomic E-state index is 12.0. The van der Waals surface area contributed by atoms with Crippen LogP contribution in [-0.2, 0) is 4.79 Å². The van der Waals surface area contributed by atoms with Crippen LogP contribution in [0.2, 0.25) is 0 Å². The number of carbonyl (C=O) groups excluding carboxylic acids is 1. The van der Waals surface area contributed by atoms with Gasteiger partial charge in [0.25, 0.3) is 0 Å². The van der Waals surface area contributed by atoms with Gasteiger partial charge in [0.05, 0.1) is 0 Å². The molecule has 0 fully saturated rings. The maximum Gasteiger partial charge on any atom is 0.219 e. The van der Waals surface area contributed by atoms with Gasteiger partial charge >= 0.3 is 0 Å². The largest absolute Gasteiger partial charge is 0.386 e. The second-order valence-electron chi connectivity index (χ2n) is 10.3. The fourth-order valence-corrected chi connectivity index (χ4v) is 4.46. The van der Waals surface area contributed by atoms with Crippen molar-refractivity contribution in [2.45, 2.75) is 168 Å². The van der Waals surface area contributed by atoms with E-state index in [1.807, 2.05) is 0 Å². The summed E-state index contributed by atoms with van der Waals surface area (Å²) in [7, 11) is 0. The fraction of sp³-hybridized carbons (Fsp3) is 0.900. The Bertz CT molecular complexity index is 435. The molecule has 0 aliphatic carbocycles. The van der Waals surface area contributed by atoms with Crippen LogP contribution in [-0.4, -0.2) is 18.5 Å². The molecule has 1 amide bonds. The summed E-state index contributed by atoms with van der Waals surface area (Å²) < 4.78 is 0. The molecule has 0 spiro atoms. The monoisotopic (exact) mass is 464 g/mol. The average molecular weight is 465 g/mol. The first-order valence-corrected chi connectivity index (χ1v) is 14.8. The van der Waals surface area contributed by atoms with Crippen LogP contribution in [0.4, 0.5) is 0 Å². The molecule has 196 valence electrons. The van der Waals surface area contributed by atoms with Crippen LogP contribution >= 0.6 is 0 Å². The van der Waals surface area contributed by atoms with Gasteiger partial charge in [-0.1, -0.05) is 123 Å². The van der Waals surface area contributed by atoms with E-state index in [4.69, 9.17) is 0 Å². The summed E-state index contributed by atoms with van der Waals surface area (Å²) in [6, 6.07) is 0.435. The summed E-state index contributed by atoms with van der Waals surface area (Å²) in [4.78, 5) is 12.0. The van der Waals surface area contributed by atoms with E-state index in [1.165, 1.54) is 115 Å². The first kappa shape index (κ1) is 32.0. The minimum absolute atomic E-state index is 0.230. The summed E-state index contributed by atoms with van der Waals surface area (Å²) in [5.41, 5.74) is 1.18. The van der Waals surface area contributed by atoms with Crippen molar-refractivity contribution in [2.24, 2.45) is 0 Å². The number of hydrogen-bond acceptors (Lipinski definition) is 2. The van der Waals surface area contributed by atoms with E-state index < -0.39 is 0 Å². The molecule has 0 aliphatic heterocycles. The molecule has 1 atom stereocenters. The molecule has 0 aromatic carbocycles. The Labute approximate surface area is 208 Å². The molecule has 33 heavy (non-hydrogen) atoms. The van der Waals surface area contributed by atoms with Gasteiger partial charge in [-0.15, -0.1) is 0 Å². The zero-order valence-electron chi connectivity index (χ0n) is 23.0. The molecular formula is C30H60N2O. The molecule has 0 radical (unpaired) electrons. The second kappa shape index (κ2) is 25.6. The van der Waals surface area contributed by atoms with Crippen molar-refractivity contribution < 1.29 is 4.79 Å². The van der Waals surface area contributed by atoms with E-state index in [0.717, 1.165) is 32.2 Å². The van der Waals surface area contributed by atoms with Gasteiger partial charge in [0, 0.05) is 24.7 Å². The fourth-order valence-electron chi connectivity index (χ4n) is 4.46. The van der Waals surface area contributed by atoms with Crippen LogP contribution in [0, 0.1) is 0 Å². The highest BCUT2D eigenvalue weighted by atomic mass is 16.1. The molecule has 3 nitrogen and oxygen atoms in total. The standard InChI is InChI=1S/C30H60N2O/c1-5-7-9-11-13-15-17-19-21-24-28(3)32-29(4)25-23-27-31-30(33)26-22-20-18-16-14-12-10-8-6-2/h29,32H,3,5-27H2,1-2,4H3,(H,31,33). The van der Waals surface area contributed by atoms with Gasteiger partial charge in [0.2, 0.25) is 5.91 Å². The van der Waals surface area contributed by atoms with Gasteiger partial charge in [0.1, 0.15) is 0 Å².